The van der Waals surface area contributed by atoms with Crippen LogP contribution in [0.5, 0.6) is 0 Å². The Balaban J connectivity index is 3.91. The molecule has 0 aromatic rings. The van der Waals surface area contributed by atoms with Crippen molar-refractivity contribution in [1.82, 2.24) is 0 Å². The fraction of sp³-hybridized carbons (Fsp3) is 1.00. The lowest BCUT2D eigenvalue weighted by molar-refractivity contribution is -0.870. The molecule has 0 fully saturated rings. The molecule has 8 heteroatoms. The second-order valence-electron chi connectivity index (χ2n) is 21.0. The molecular weight excluding hydrogens is 814 g/mol. The molecule has 0 saturated heterocycles. The summed E-state index contributed by atoms with van der Waals surface area (Å²) in [6, 6.07) is 0. The van der Waals surface area contributed by atoms with E-state index in [9.17, 15) is 9.46 Å². The van der Waals surface area contributed by atoms with Crippen molar-refractivity contribution in [2.75, 3.05) is 60.7 Å². The van der Waals surface area contributed by atoms with Gasteiger partial charge in [-0.25, -0.2) is 0 Å². The summed E-state index contributed by atoms with van der Waals surface area (Å²) in [6.45, 7) is 6.83. The minimum Gasteiger partial charge on any atom is -0.756 e. The van der Waals surface area contributed by atoms with Crippen molar-refractivity contribution in [2.24, 2.45) is 0 Å². The van der Waals surface area contributed by atoms with Crippen LogP contribution in [0.4, 0.5) is 0 Å². The van der Waals surface area contributed by atoms with Crippen LogP contribution in [0.3, 0.4) is 0 Å². The zero-order valence-electron chi connectivity index (χ0n) is 44.3. The lowest BCUT2D eigenvalue weighted by Gasteiger charge is -2.28. The molecule has 2 atom stereocenters. The minimum absolute atomic E-state index is 0.0657. The summed E-state index contributed by atoms with van der Waals surface area (Å²) in [6.07, 6.45) is 60.1. The van der Waals surface area contributed by atoms with Crippen LogP contribution in [0.1, 0.15) is 296 Å². The number of quaternary nitrogens is 1. The van der Waals surface area contributed by atoms with E-state index in [0.717, 1.165) is 19.3 Å². The van der Waals surface area contributed by atoms with Gasteiger partial charge in [-0.3, -0.25) is 4.57 Å². The third-order valence-corrected chi connectivity index (χ3v) is 14.2. The molecule has 0 aliphatic carbocycles. The highest BCUT2D eigenvalue weighted by Gasteiger charge is 2.18. The first-order valence-corrected chi connectivity index (χ1v) is 30.3. The van der Waals surface area contributed by atoms with Gasteiger partial charge in [0.15, 0.2) is 0 Å². The number of likely N-dealkylation sites (N-methyl/N-ethyl adjacent to an activating group) is 1. The van der Waals surface area contributed by atoms with Gasteiger partial charge < -0.3 is 27.9 Å². The number of ether oxygens (including phenoxy) is 2. The van der Waals surface area contributed by atoms with Crippen LogP contribution in [0, 0.1) is 0 Å². The zero-order chi connectivity index (χ0) is 46.8. The molecule has 0 aliphatic rings. The van der Waals surface area contributed by atoms with Gasteiger partial charge in [-0.1, -0.05) is 284 Å². The Bertz CT molecular complexity index is 931. The van der Waals surface area contributed by atoms with E-state index in [1.807, 2.05) is 21.1 Å². The molecular formula is C56H116NO6P. The summed E-state index contributed by atoms with van der Waals surface area (Å²) in [4.78, 5) is 12.5. The maximum Gasteiger partial charge on any atom is 0.268 e. The van der Waals surface area contributed by atoms with Gasteiger partial charge in [0.1, 0.15) is 19.3 Å². The van der Waals surface area contributed by atoms with Crippen LogP contribution in [0.15, 0.2) is 0 Å². The van der Waals surface area contributed by atoms with Gasteiger partial charge in [0.2, 0.25) is 0 Å². The molecule has 0 aromatic heterocycles. The summed E-state index contributed by atoms with van der Waals surface area (Å²) in [5, 5.41) is 0. The van der Waals surface area contributed by atoms with E-state index in [0.29, 0.717) is 30.8 Å². The lowest BCUT2D eigenvalue weighted by atomic mass is 10.0. The maximum absolute atomic E-state index is 12.5. The monoisotopic (exact) mass is 930 g/mol. The zero-order valence-corrected chi connectivity index (χ0v) is 45.2. The Kier molecular flexibility index (Phi) is 50.8. The van der Waals surface area contributed by atoms with Crippen LogP contribution < -0.4 is 4.89 Å². The molecule has 0 radical (unpaired) electrons. The predicted octanol–water partition coefficient (Wildman–Crippen LogP) is 17.8. The maximum atomic E-state index is 12.5. The molecule has 0 aromatic carbocycles. The molecule has 64 heavy (non-hydrogen) atoms. The van der Waals surface area contributed by atoms with Gasteiger partial charge in [0.05, 0.1) is 34.4 Å². The van der Waals surface area contributed by atoms with Crippen LogP contribution in [0.25, 0.3) is 0 Å². The van der Waals surface area contributed by atoms with Crippen molar-refractivity contribution in [2.45, 2.75) is 302 Å². The first-order valence-electron chi connectivity index (χ1n) is 28.8. The van der Waals surface area contributed by atoms with Gasteiger partial charge in [-0.05, 0) is 12.8 Å². The second-order valence-corrected chi connectivity index (χ2v) is 22.4. The topological polar surface area (TPSA) is 77.1 Å². The Hall–Kier alpha value is -0.0100. The van der Waals surface area contributed by atoms with E-state index in [4.69, 9.17) is 18.5 Å². The fourth-order valence-corrected chi connectivity index (χ4v) is 9.50. The van der Waals surface area contributed by atoms with E-state index in [1.54, 1.807) is 0 Å². The largest absolute Gasteiger partial charge is 0.756 e. The molecule has 0 aliphatic heterocycles. The van der Waals surface area contributed by atoms with E-state index < -0.39 is 13.9 Å². The molecule has 0 bridgehead atoms. The van der Waals surface area contributed by atoms with Crippen molar-refractivity contribution < 1.29 is 32.5 Å². The lowest BCUT2D eigenvalue weighted by Crippen LogP contribution is -2.37. The van der Waals surface area contributed by atoms with E-state index in [-0.39, 0.29) is 13.2 Å². The Morgan fingerprint density at radius 1 is 0.359 bits per heavy atom. The Labute approximate surface area is 402 Å². The first kappa shape index (κ1) is 64.0. The smallest absolute Gasteiger partial charge is 0.268 e. The summed E-state index contributed by atoms with van der Waals surface area (Å²) < 4.78 is 35.6. The van der Waals surface area contributed by atoms with E-state index in [2.05, 4.69) is 13.8 Å². The summed E-state index contributed by atoms with van der Waals surface area (Å²) in [5.41, 5.74) is 0. The number of nitrogens with zero attached hydrogens (tertiary/aromatic N) is 1. The molecule has 386 valence electrons. The van der Waals surface area contributed by atoms with Crippen molar-refractivity contribution in [3.05, 3.63) is 0 Å². The minimum atomic E-state index is -4.39. The van der Waals surface area contributed by atoms with Crippen LogP contribution in [-0.2, 0) is 23.1 Å². The van der Waals surface area contributed by atoms with Gasteiger partial charge in [-0.15, -0.1) is 0 Å². The molecule has 1 unspecified atom stereocenters. The molecule has 0 rings (SSSR count). The normalized spacial score (nSPS) is 13.5. The SMILES string of the molecule is CCCCCCCCCCCCCCCCCCCCCCCCOC[C@H](COP(=O)([O-])OCC[N+](C)(C)C)OCCCCCCCCCCCCCCCCCCCCCCCC. The highest BCUT2D eigenvalue weighted by Crippen LogP contribution is 2.38. The molecule has 0 amide bonds. The molecule has 0 spiro atoms. The number of hydrogen-bond donors (Lipinski definition) is 0. The van der Waals surface area contributed by atoms with Crippen molar-refractivity contribution >= 4 is 7.82 Å². The van der Waals surface area contributed by atoms with Crippen LogP contribution in [0.2, 0.25) is 0 Å². The molecule has 7 nitrogen and oxygen atoms in total. The second kappa shape index (κ2) is 50.9. The quantitative estimate of drug-likeness (QED) is 0.0344. The van der Waals surface area contributed by atoms with E-state index >= 15 is 0 Å². The van der Waals surface area contributed by atoms with E-state index in [1.165, 1.54) is 263 Å². The van der Waals surface area contributed by atoms with Gasteiger partial charge in [0, 0.05) is 13.2 Å². The summed E-state index contributed by atoms with van der Waals surface area (Å²) in [7, 11) is 1.62. The summed E-state index contributed by atoms with van der Waals surface area (Å²) >= 11 is 0. The third kappa shape index (κ3) is 54.6. The van der Waals surface area contributed by atoms with Gasteiger partial charge >= 0.3 is 0 Å². The molecule has 0 heterocycles. The number of phosphoric acid groups is 1. The number of rotatable bonds is 56. The third-order valence-electron chi connectivity index (χ3n) is 13.2. The van der Waals surface area contributed by atoms with Crippen LogP contribution >= 0.6 is 7.82 Å². The van der Waals surface area contributed by atoms with Gasteiger partial charge in [-0.2, -0.15) is 0 Å². The number of unbranched alkanes of at least 4 members (excludes halogenated alkanes) is 42. The average Bonchev–Trinajstić information content (AvgIpc) is 3.26. The van der Waals surface area contributed by atoms with Crippen LogP contribution in [-0.4, -0.2) is 71.3 Å². The average molecular weight is 931 g/mol. The highest BCUT2D eigenvalue weighted by molar-refractivity contribution is 7.45. The van der Waals surface area contributed by atoms with Crippen molar-refractivity contribution in [3.8, 4) is 0 Å². The standard InChI is InChI=1S/C56H116NO6P/c1-6-8-10-12-14-16-18-20-22-24-26-28-30-32-34-36-38-40-42-44-46-48-51-60-54-56(55-63-64(58,59)62-53-50-57(3,4)5)61-52-49-47-45-43-41-39-37-35-33-31-29-27-25-23-21-19-17-15-13-11-9-7-2/h56H,6-55H2,1-5H3/t56-/m1/s1. The highest BCUT2D eigenvalue weighted by atomic mass is 31.2. The molecule has 0 saturated carbocycles. The van der Waals surface area contributed by atoms with Gasteiger partial charge in [0.25, 0.3) is 7.82 Å². The molecule has 0 N–H and O–H groups in total. The summed E-state index contributed by atoms with van der Waals surface area (Å²) in [5.74, 6) is 0. The predicted molar refractivity (Wildman–Crippen MR) is 277 cm³/mol. The number of hydrogen-bond acceptors (Lipinski definition) is 6. The Morgan fingerprint density at radius 2 is 0.625 bits per heavy atom. The van der Waals surface area contributed by atoms with Crippen molar-refractivity contribution in [1.29, 1.82) is 0 Å². The van der Waals surface area contributed by atoms with Crippen molar-refractivity contribution in [3.63, 3.8) is 0 Å². The first-order chi connectivity index (χ1) is 31.2. The fourth-order valence-electron chi connectivity index (χ4n) is 8.77. The number of phosphoric ester groups is 1. The Morgan fingerprint density at radius 3 is 0.906 bits per heavy atom.